The Morgan fingerprint density at radius 3 is 1.47 bits per heavy atom. The third kappa shape index (κ3) is 6.31. The van der Waals surface area contributed by atoms with Crippen molar-refractivity contribution in [3.8, 4) is 78.4 Å². The largest absolute Gasteiger partial charge is 0.228 e. The monoisotopic (exact) mass is 718 g/mol. The maximum absolute atomic E-state index is 5.31. The number of thiophene rings is 1. The molecule has 0 N–H and O–H groups in total. The van der Waals surface area contributed by atoms with Gasteiger partial charge < -0.3 is 0 Å². The summed E-state index contributed by atoms with van der Waals surface area (Å²) < 4.78 is 2.58. The van der Waals surface area contributed by atoms with Gasteiger partial charge in [0.2, 0.25) is 0 Å². The van der Waals surface area contributed by atoms with E-state index >= 15 is 0 Å². The average Bonchev–Trinajstić information content (AvgIpc) is 3.66. The fraction of sp³-hybridized carbons (Fsp3) is 0. The minimum Gasteiger partial charge on any atom is -0.228 e. The van der Waals surface area contributed by atoms with E-state index < -0.39 is 0 Å². The van der Waals surface area contributed by atoms with Crippen LogP contribution >= 0.6 is 11.3 Å². The first-order chi connectivity index (χ1) is 27.2. The Morgan fingerprint density at radius 2 is 0.764 bits per heavy atom. The van der Waals surface area contributed by atoms with Gasteiger partial charge in [-0.15, -0.1) is 11.3 Å². The quantitative estimate of drug-likeness (QED) is 0.164. The molecule has 10 rings (SSSR count). The van der Waals surface area contributed by atoms with Crippen LogP contribution in [0.2, 0.25) is 0 Å². The van der Waals surface area contributed by atoms with Crippen LogP contribution in [-0.2, 0) is 0 Å². The van der Waals surface area contributed by atoms with Crippen molar-refractivity contribution in [3.05, 3.63) is 206 Å². The van der Waals surface area contributed by atoms with Gasteiger partial charge >= 0.3 is 0 Å². The van der Waals surface area contributed by atoms with Crippen LogP contribution in [0.3, 0.4) is 0 Å². The van der Waals surface area contributed by atoms with Crippen LogP contribution in [0.5, 0.6) is 0 Å². The second kappa shape index (κ2) is 14.1. The summed E-state index contributed by atoms with van der Waals surface area (Å²) in [6.07, 6.45) is 0. The second-order valence-corrected chi connectivity index (χ2v) is 14.8. The summed E-state index contributed by atoms with van der Waals surface area (Å²) in [5.41, 5.74) is 14.2. The predicted molar refractivity (Wildman–Crippen MR) is 233 cm³/mol. The highest BCUT2D eigenvalue weighted by atomic mass is 32.1. The number of rotatable bonds is 7. The number of hydrogen-bond donors (Lipinski definition) is 0. The summed E-state index contributed by atoms with van der Waals surface area (Å²) in [5, 5.41) is 2.57. The summed E-state index contributed by atoms with van der Waals surface area (Å²) in [4.78, 5) is 10.5. The number of nitrogens with zero attached hydrogens (tertiary/aromatic N) is 2. The topological polar surface area (TPSA) is 25.8 Å². The Bertz CT molecular complexity index is 2950. The van der Waals surface area contributed by atoms with E-state index in [9.17, 15) is 0 Å². The van der Waals surface area contributed by atoms with Crippen molar-refractivity contribution in [2.45, 2.75) is 0 Å². The molecule has 0 atom stereocenters. The Balaban J connectivity index is 1.21. The Kier molecular flexibility index (Phi) is 8.40. The molecule has 0 aliphatic carbocycles. The maximum atomic E-state index is 5.31. The van der Waals surface area contributed by atoms with Gasteiger partial charge in [-0.25, -0.2) is 9.97 Å². The summed E-state index contributed by atoms with van der Waals surface area (Å²) in [5.74, 6) is 0.697. The molecule has 0 amide bonds. The first-order valence-corrected chi connectivity index (χ1v) is 19.4. The predicted octanol–water partition coefficient (Wildman–Crippen LogP) is 14.5. The molecule has 0 saturated heterocycles. The van der Waals surface area contributed by atoms with Crippen molar-refractivity contribution in [2.75, 3.05) is 0 Å². The van der Waals surface area contributed by atoms with Crippen LogP contribution in [0.15, 0.2) is 206 Å². The van der Waals surface area contributed by atoms with Gasteiger partial charge in [0.1, 0.15) is 0 Å². The van der Waals surface area contributed by atoms with Crippen LogP contribution in [0.25, 0.3) is 98.6 Å². The molecule has 10 aromatic rings. The molecule has 258 valence electrons. The summed E-state index contributed by atoms with van der Waals surface area (Å²) in [6, 6.07) is 73.4. The molecule has 55 heavy (non-hydrogen) atoms. The summed E-state index contributed by atoms with van der Waals surface area (Å²) in [6.45, 7) is 0. The first-order valence-electron chi connectivity index (χ1n) is 18.6. The minimum atomic E-state index is 0.697. The van der Waals surface area contributed by atoms with E-state index in [-0.39, 0.29) is 0 Å². The number of hydrogen-bond acceptors (Lipinski definition) is 3. The highest BCUT2D eigenvalue weighted by molar-refractivity contribution is 7.25. The number of fused-ring (bicyclic) bond motifs is 3. The molecule has 0 aliphatic rings. The lowest BCUT2D eigenvalue weighted by Crippen LogP contribution is -1.97. The zero-order valence-corrected chi connectivity index (χ0v) is 30.7. The SMILES string of the molecule is c1ccc(-c2ccc(-c3cc(-c4cc(-c5ccccc5-c5ccccc5)cc(-c5cccc6sc7ccccc7c56)c4)nc(-c4ccccc4)n3)cc2)cc1. The van der Waals surface area contributed by atoms with Gasteiger partial charge in [0, 0.05) is 36.9 Å². The number of benzene rings is 8. The summed E-state index contributed by atoms with van der Waals surface area (Å²) >= 11 is 1.85. The third-order valence-electron chi connectivity index (χ3n) is 10.3. The van der Waals surface area contributed by atoms with E-state index in [1.165, 1.54) is 53.6 Å². The van der Waals surface area contributed by atoms with Gasteiger partial charge in [0.25, 0.3) is 0 Å². The highest BCUT2D eigenvalue weighted by Gasteiger charge is 2.17. The molecule has 0 bridgehead atoms. The molecule has 0 spiro atoms. The van der Waals surface area contributed by atoms with Crippen molar-refractivity contribution >= 4 is 31.5 Å². The van der Waals surface area contributed by atoms with Gasteiger partial charge in [-0.3, -0.25) is 0 Å². The fourth-order valence-electron chi connectivity index (χ4n) is 7.63. The van der Waals surface area contributed by atoms with Crippen molar-refractivity contribution in [2.24, 2.45) is 0 Å². The smallest absolute Gasteiger partial charge is 0.160 e. The van der Waals surface area contributed by atoms with E-state index in [2.05, 4.69) is 188 Å². The Hall–Kier alpha value is -6.94. The molecule has 8 aromatic carbocycles. The molecule has 2 heterocycles. The molecule has 0 unspecified atom stereocenters. The second-order valence-electron chi connectivity index (χ2n) is 13.8. The molecular weight excluding hydrogens is 685 g/mol. The fourth-order valence-corrected chi connectivity index (χ4v) is 8.76. The molecule has 0 aliphatic heterocycles. The molecule has 3 heteroatoms. The molecule has 0 saturated carbocycles. The van der Waals surface area contributed by atoms with Gasteiger partial charge in [0.05, 0.1) is 11.4 Å². The van der Waals surface area contributed by atoms with Crippen LogP contribution < -0.4 is 0 Å². The Morgan fingerprint density at radius 1 is 0.291 bits per heavy atom. The van der Waals surface area contributed by atoms with Gasteiger partial charge in [-0.05, 0) is 80.9 Å². The van der Waals surface area contributed by atoms with E-state index in [1.54, 1.807) is 0 Å². The van der Waals surface area contributed by atoms with Gasteiger partial charge in [-0.1, -0.05) is 170 Å². The lowest BCUT2D eigenvalue weighted by atomic mass is 9.89. The third-order valence-corrected chi connectivity index (χ3v) is 11.4. The van der Waals surface area contributed by atoms with Crippen molar-refractivity contribution < 1.29 is 0 Å². The zero-order valence-electron chi connectivity index (χ0n) is 29.9. The Labute approximate surface area is 324 Å². The number of aromatic nitrogens is 2. The van der Waals surface area contributed by atoms with Crippen molar-refractivity contribution in [1.82, 2.24) is 9.97 Å². The molecule has 0 fully saturated rings. The van der Waals surface area contributed by atoms with Crippen LogP contribution in [-0.4, -0.2) is 9.97 Å². The van der Waals surface area contributed by atoms with Crippen LogP contribution in [0.1, 0.15) is 0 Å². The maximum Gasteiger partial charge on any atom is 0.160 e. The van der Waals surface area contributed by atoms with Crippen molar-refractivity contribution in [3.63, 3.8) is 0 Å². The normalized spacial score (nSPS) is 11.3. The molecule has 2 aromatic heterocycles. The summed E-state index contributed by atoms with van der Waals surface area (Å²) in [7, 11) is 0. The van der Waals surface area contributed by atoms with Gasteiger partial charge in [0.15, 0.2) is 5.82 Å². The van der Waals surface area contributed by atoms with E-state index in [0.717, 1.165) is 39.2 Å². The lowest BCUT2D eigenvalue weighted by molar-refractivity contribution is 1.18. The average molecular weight is 719 g/mol. The standard InChI is InChI=1S/C52H34N2S/c1-4-15-35(16-5-1)36-27-29-38(30-28-36)47-34-48(54-52(53-47)39-19-8-3-9-20-39)42-32-40(44-22-11-10-21-43(44)37-17-6-2-7-18-37)31-41(33-42)45-24-14-26-50-51(45)46-23-12-13-25-49(46)55-50/h1-34H. The first kappa shape index (κ1) is 32.7. The van der Waals surface area contributed by atoms with Crippen molar-refractivity contribution in [1.29, 1.82) is 0 Å². The molecule has 2 nitrogen and oxygen atoms in total. The molecule has 0 radical (unpaired) electrons. The van der Waals surface area contributed by atoms with Gasteiger partial charge in [-0.2, -0.15) is 0 Å². The molecular formula is C52H34N2S. The lowest BCUT2D eigenvalue weighted by Gasteiger charge is -2.16. The highest BCUT2D eigenvalue weighted by Crippen LogP contribution is 2.43. The van der Waals surface area contributed by atoms with Crippen LogP contribution in [0, 0.1) is 0 Å². The van der Waals surface area contributed by atoms with E-state index in [0.29, 0.717) is 5.82 Å². The van der Waals surface area contributed by atoms with E-state index in [4.69, 9.17) is 9.97 Å². The van der Waals surface area contributed by atoms with E-state index in [1.807, 2.05) is 29.5 Å². The minimum absolute atomic E-state index is 0.697. The van der Waals surface area contributed by atoms with Crippen LogP contribution in [0.4, 0.5) is 0 Å². The zero-order chi connectivity index (χ0) is 36.6.